The van der Waals surface area contributed by atoms with Crippen molar-refractivity contribution in [2.75, 3.05) is 7.11 Å². The number of H-pyrrole nitrogens is 1. The third kappa shape index (κ3) is 1.17. The van der Waals surface area contributed by atoms with Gasteiger partial charge in [-0.25, -0.2) is 0 Å². The summed E-state index contributed by atoms with van der Waals surface area (Å²) < 4.78 is 8.37. The maximum atomic E-state index is 11.3. The Kier molecular flexibility index (Phi) is 1.98. The van der Waals surface area contributed by atoms with E-state index >= 15 is 0 Å². The standard InChI is InChI=1S/C9H6N2O2S/c1-13-7-3-6-8(2-5(7)4-10)14-11-9(6)12/h2-3H,1H3,(H,11,12). The number of rotatable bonds is 1. The zero-order chi connectivity index (χ0) is 10.1. The molecule has 0 fully saturated rings. The topological polar surface area (TPSA) is 65.9 Å². The van der Waals surface area contributed by atoms with Gasteiger partial charge in [0.25, 0.3) is 5.56 Å². The van der Waals surface area contributed by atoms with Crippen LogP contribution in [0.25, 0.3) is 10.1 Å². The second-order valence-corrected chi connectivity index (χ2v) is 3.54. The second kappa shape index (κ2) is 3.16. The van der Waals surface area contributed by atoms with Gasteiger partial charge in [-0.1, -0.05) is 11.5 Å². The average Bonchev–Trinajstić information content (AvgIpc) is 2.58. The van der Waals surface area contributed by atoms with Crippen LogP contribution in [0.15, 0.2) is 16.9 Å². The van der Waals surface area contributed by atoms with Crippen molar-refractivity contribution in [2.24, 2.45) is 0 Å². The summed E-state index contributed by atoms with van der Waals surface area (Å²) in [6.07, 6.45) is 0. The molecule has 0 aliphatic heterocycles. The molecule has 1 N–H and O–H groups in total. The Hall–Kier alpha value is -1.80. The van der Waals surface area contributed by atoms with Crippen LogP contribution in [0.2, 0.25) is 0 Å². The highest BCUT2D eigenvalue weighted by Crippen LogP contribution is 2.25. The van der Waals surface area contributed by atoms with Gasteiger partial charge in [0.2, 0.25) is 0 Å². The molecular formula is C9H6N2O2S. The molecule has 0 aliphatic rings. The van der Waals surface area contributed by atoms with Crippen LogP contribution in [0.5, 0.6) is 5.75 Å². The van der Waals surface area contributed by atoms with Crippen molar-refractivity contribution >= 4 is 21.6 Å². The summed E-state index contributed by atoms with van der Waals surface area (Å²) in [6, 6.07) is 5.25. The maximum absolute atomic E-state index is 11.3. The van der Waals surface area contributed by atoms with Crippen LogP contribution in [0.3, 0.4) is 0 Å². The molecule has 0 aliphatic carbocycles. The molecule has 70 valence electrons. The van der Waals surface area contributed by atoms with E-state index in [0.29, 0.717) is 16.7 Å². The molecular weight excluding hydrogens is 200 g/mol. The van der Waals surface area contributed by atoms with E-state index in [-0.39, 0.29) is 5.56 Å². The van der Waals surface area contributed by atoms with E-state index in [1.165, 1.54) is 18.6 Å². The molecule has 0 spiro atoms. The number of hydrogen-bond acceptors (Lipinski definition) is 4. The molecule has 0 radical (unpaired) electrons. The molecule has 0 atom stereocenters. The molecule has 0 amide bonds. The Bertz CT molecular complexity index is 576. The minimum absolute atomic E-state index is 0.146. The van der Waals surface area contributed by atoms with E-state index in [9.17, 15) is 4.79 Å². The monoisotopic (exact) mass is 206 g/mol. The Morgan fingerprint density at radius 1 is 1.57 bits per heavy atom. The largest absolute Gasteiger partial charge is 0.495 e. The smallest absolute Gasteiger partial charge is 0.266 e. The number of fused-ring (bicyclic) bond motifs is 1. The van der Waals surface area contributed by atoms with Gasteiger partial charge in [-0.2, -0.15) is 5.26 Å². The first kappa shape index (κ1) is 8.78. The molecule has 0 bridgehead atoms. The number of nitrogens with one attached hydrogen (secondary N) is 1. The number of methoxy groups -OCH3 is 1. The normalized spacial score (nSPS) is 10.0. The van der Waals surface area contributed by atoms with Gasteiger partial charge in [0, 0.05) is 0 Å². The molecule has 0 unspecified atom stereocenters. The summed E-state index contributed by atoms with van der Waals surface area (Å²) in [5.41, 5.74) is 0.294. The number of ether oxygens (including phenoxy) is 1. The van der Waals surface area contributed by atoms with Crippen LogP contribution in [0.4, 0.5) is 0 Å². The highest BCUT2D eigenvalue weighted by Gasteiger charge is 2.08. The summed E-state index contributed by atoms with van der Waals surface area (Å²) in [4.78, 5) is 11.3. The van der Waals surface area contributed by atoms with Gasteiger partial charge < -0.3 is 4.74 Å². The van der Waals surface area contributed by atoms with Crippen LogP contribution in [-0.2, 0) is 0 Å². The van der Waals surface area contributed by atoms with E-state index < -0.39 is 0 Å². The van der Waals surface area contributed by atoms with Crippen molar-refractivity contribution in [3.8, 4) is 11.8 Å². The number of nitriles is 1. The fraction of sp³-hybridized carbons (Fsp3) is 0.111. The van der Waals surface area contributed by atoms with Crippen molar-refractivity contribution in [3.63, 3.8) is 0 Å². The van der Waals surface area contributed by atoms with Crippen LogP contribution >= 0.6 is 11.5 Å². The highest BCUT2D eigenvalue weighted by molar-refractivity contribution is 7.13. The van der Waals surface area contributed by atoms with E-state index in [0.717, 1.165) is 4.70 Å². The molecule has 0 saturated heterocycles. The number of aromatic nitrogens is 1. The van der Waals surface area contributed by atoms with E-state index in [1.807, 2.05) is 6.07 Å². The van der Waals surface area contributed by atoms with Crippen molar-refractivity contribution in [2.45, 2.75) is 0 Å². The van der Waals surface area contributed by atoms with Crippen molar-refractivity contribution in [3.05, 3.63) is 28.0 Å². The third-order valence-electron chi connectivity index (χ3n) is 1.92. The summed E-state index contributed by atoms with van der Waals surface area (Å²) in [5.74, 6) is 0.434. The van der Waals surface area contributed by atoms with Gasteiger partial charge in [0.1, 0.15) is 11.8 Å². The maximum Gasteiger partial charge on any atom is 0.266 e. The number of aromatic amines is 1. The van der Waals surface area contributed by atoms with Gasteiger partial charge in [-0.3, -0.25) is 9.17 Å². The summed E-state index contributed by atoms with van der Waals surface area (Å²) in [5, 5.41) is 9.36. The fourth-order valence-electron chi connectivity index (χ4n) is 1.23. The molecule has 0 saturated carbocycles. The van der Waals surface area contributed by atoms with Crippen LogP contribution in [0.1, 0.15) is 5.56 Å². The number of benzene rings is 1. The van der Waals surface area contributed by atoms with Gasteiger partial charge in [-0.05, 0) is 12.1 Å². The molecule has 1 heterocycles. The Morgan fingerprint density at radius 3 is 3.00 bits per heavy atom. The first-order valence-corrected chi connectivity index (χ1v) is 4.67. The first-order valence-electron chi connectivity index (χ1n) is 3.85. The van der Waals surface area contributed by atoms with E-state index in [4.69, 9.17) is 10.00 Å². The highest BCUT2D eigenvalue weighted by atomic mass is 32.1. The van der Waals surface area contributed by atoms with Gasteiger partial charge in [-0.15, -0.1) is 0 Å². The molecule has 1 aromatic carbocycles. The zero-order valence-corrected chi connectivity index (χ0v) is 8.14. The Balaban J connectivity index is 2.86. The Morgan fingerprint density at radius 2 is 2.36 bits per heavy atom. The molecule has 14 heavy (non-hydrogen) atoms. The molecule has 2 aromatic rings. The fourth-order valence-corrected chi connectivity index (χ4v) is 1.99. The third-order valence-corrected chi connectivity index (χ3v) is 2.77. The lowest BCUT2D eigenvalue weighted by molar-refractivity contribution is 0.414. The molecule has 2 rings (SSSR count). The quantitative estimate of drug-likeness (QED) is 0.768. The number of nitrogens with zero attached hydrogens (tertiary/aromatic N) is 1. The van der Waals surface area contributed by atoms with Crippen molar-refractivity contribution in [1.29, 1.82) is 5.26 Å². The van der Waals surface area contributed by atoms with Gasteiger partial charge >= 0.3 is 0 Å². The second-order valence-electron chi connectivity index (χ2n) is 2.69. The average molecular weight is 206 g/mol. The first-order chi connectivity index (χ1) is 6.76. The van der Waals surface area contributed by atoms with Crippen molar-refractivity contribution < 1.29 is 4.74 Å². The lowest BCUT2D eigenvalue weighted by atomic mass is 10.2. The van der Waals surface area contributed by atoms with Gasteiger partial charge in [0.05, 0.1) is 22.8 Å². The predicted molar refractivity (Wildman–Crippen MR) is 53.7 cm³/mol. The summed E-state index contributed by atoms with van der Waals surface area (Å²) in [7, 11) is 1.47. The molecule has 4 nitrogen and oxygen atoms in total. The minimum Gasteiger partial charge on any atom is -0.495 e. The van der Waals surface area contributed by atoms with Crippen LogP contribution < -0.4 is 10.3 Å². The zero-order valence-electron chi connectivity index (χ0n) is 7.33. The molecule has 1 aromatic heterocycles. The lowest BCUT2D eigenvalue weighted by Crippen LogP contribution is -1.97. The van der Waals surface area contributed by atoms with E-state index in [1.54, 1.807) is 12.1 Å². The van der Waals surface area contributed by atoms with Gasteiger partial charge in [0.15, 0.2) is 0 Å². The van der Waals surface area contributed by atoms with Crippen molar-refractivity contribution in [1.82, 2.24) is 4.37 Å². The lowest BCUT2D eigenvalue weighted by Gasteiger charge is -2.00. The van der Waals surface area contributed by atoms with Crippen LogP contribution in [-0.4, -0.2) is 11.5 Å². The number of hydrogen-bond donors (Lipinski definition) is 1. The SMILES string of the molecule is COc1cc2c(=O)[nH]sc2cc1C#N. The van der Waals surface area contributed by atoms with E-state index in [2.05, 4.69) is 4.37 Å². The minimum atomic E-state index is -0.146. The summed E-state index contributed by atoms with van der Waals surface area (Å²) >= 11 is 1.22. The predicted octanol–water partition coefficient (Wildman–Crippen LogP) is 1.47. The van der Waals surface area contributed by atoms with Crippen LogP contribution in [0, 0.1) is 11.3 Å². The Labute approximate surface area is 83.5 Å². The molecule has 5 heteroatoms. The summed E-state index contributed by atoms with van der Waals surface area (Å²) in [6.45, 7) is 0.